The first-order valence-electron chi connectivity index (χ1n) is 4.40. The molecule has 0 aliphatic rings. The van der Waals surface area contributed by atoms with Crippen molar-refractivity contribution in [2.75, 3.05) is 13.0 Å². The monoisotopic (exact) mass is 254 g/mol. The number of nitriles is 1. The van der Waals surface area contributed by atoms with Gasteiger partial charge >= 0.3 is 5.69 Å². The summed E-state index contributed by atoms with van der Waals surface area (Å²) in [5.74, 6) is -1.17. The Kier molecular flexibility index (Phi) is 4.01. The molecule has 1 aromatic carbocycles. The van der Waals surface area contributed by atoms with E-state index in [4.69, 9.17) is 21.6 Å². The van der Waals surface area contributed by atoms with E-state index < -0.39 is 22.3 Å². The maximum absolute atomic E-state index is 11.5. The minimum Gasteiger partial charge on any atom is -0.490 e. The van der Waals surface area contributed by atoms with Gasteiger partial charge in [0.1, 0.15) is 5.56 Å². The number of ketones is 1. The average molecular weight is 255 g/mol. The minimum atomic E-state index is -0.736. The highest BCUT2D eigenvalue weighted by Gasteiger charge is 2.26. The van der Waals surface area contributed by atoms with E-state index in [1.165, 1.54) is 13.2 Å². The Bertz CT molecular complexity index is 522. The molecule has 0 saturated carbocycles. The molecule has 0 saturated heterocycles. The zero-order chi connectivity index (χ0) is 13.0. The summed E-state index contributed by atoms with van der Waals surface area (Å²) < 4.78 is 4.80. The van der Waals surface area contributed by atoms with Gasteiger partial charge in [-0.25, -0.2) is 0 Å². The normalized spacial score (nSPS) is 9.47. The van der Waals surface area contributed by atoms with Crippen LogP contribution in [0.15, 0.2) is 12.1 Å². The highest BCUT2D eigenvalue weighted by atomic mass is 35.5. The Hall–Kier alpha value is -2.13. The second-order valence-electron chi connectivity index (χ2n) is 3.00. The molecule has 0 spiro atoms. The van der Waals surface area contributed by atoms with E-state index in [0.29, 0.717) is 0 Å². The Morgan fingerprint density at radius 3 is 2.71 bits per heavy atom. The van der Waals surface area contributed by atoms with Crippen LogP contribution < -0.4 is 4.74 Å². The SMILES string of the molecule is COc1cc(C#N)cc(C(=O)CCl)c1[N+](=O)[O-]. The third kappa shape index (κ3) is 2.52. The number of hydrogen-bond donors (Lipinski definition) is 0. The Balaban J connectivity index is 3.59. The van der Waals surface area contributed by atoms with E-state index in [2.05, 4.69) is 0 Å². The number of alkyl halides is 1. The molecule has 6 nitrogen and oxygen atoms in total. The largest absolute Gasteiger partial charge is 0.490 e. The second kappa shape index (κ2) is 5.27. The molecule has 0 aliphatic heterocycles. The quantitative estimate of drug-likeness (QED) is 0.354. The van der Waals surface area contributed by atoms with E-state index in [9.17, 15) is 14.9 Å². The van der Waals surface area contributed by atoms with Crippen molar-refractivity contribution in [2.24, 2.45) is 0 Å². The van der Waals surface area contributed by atoms with Gasteiger partial charge in [0, 0.05) is 6.07 Å². The second-order valence-corrected chi connectivity index (χ2v) is 3.27. The van der Waals surface area contributed by atoms with Crippen molar-refractivity contribution in [3.05, 3.63) is 33.4 Å². The summed E-state index contributed by atoms with van der Waals surface area (Å²) in [6.07, 6.45) is 0. The number of carbonyl (C=O) groups excluding carboxylic acids is 1. The summed E-state index contributed by atoms with van der Waals surface area (Å²) in [6.45, 7) is 0. The molecular weight excluding hydrogens is 248 g/mol. The van der Waals surface area contributed by atoms with Gasteiger partial charge in [0.05, 0.1) is 29.5 Å². The molecule has 17 heavy (non-hydrogen) atoms. The van der Waals surface area contributed by atoms with Gasteiger partial charge < -0.3 is 4.74 Å². The van der Waals surface area contributed by atoms with Crippen molar-refractivity contribution in [3.63, 3.8) is 0 Å². The minimum absolute atomic E-state index is 0.0981. The molecule has 7 heteroatoms. The summed E-state index contributed by atoms with van der Waals surface area (Å²) in [5, 5.41) is 19.6. The first kappa shape index (κ1) is 12.9. The smallest absolute Gasteiger partial charge is 0.321 e. The summed E-state index contributed by atoms with van der Waals surface area (Å²) in [6, 6.07) is 4.12. The summed E-state index contributed by atoms with van der Waals surface area (Å²) in [7, 11) is 1.22. The number of hydrogen-bond acceptors (Lipinski definition) is 5. The predicted molar refractivity (Wildman–Crippen MR) is 59.4 cm³/mol. The Morgan fingerprint density at radius 2 is 2.29 bits per heavy atom. The molecule has 0 amide bonds. The van der Waals surface area contributed by atoms with Gasteiger partial charge in [0.25, 0.3) is 0 Å². The highest BCUT2D eigenvalue weighted by molar-refractivity contribution is 6.31. The number of ether oxygens (including phenoxy) is 1. The number of Topliss-reactive ketones (excluding diaryl/α,β-unsaturated/α-hetero) is 1. The van der Waals surface area contributed by atoms with Crippen LogP contribution >= 0.6 is 11.6 Å². The molecular formula is C10H7ClN2O4. The number of benzene rings is 1. The van der Waals surface area contributed by atoms with E-state index >= 15 is 0 Å². The lowest BCUT2D eigenvalue weighted by atomic mass is 10.1. The molecule has 0 fully saturated rings. The first-order valence-corrected chi connectivity index (χ1v) is 4.94. The first-order chi connectivity index (χ1) is 8.04. The number of nitro benzene ring substituents is 1. The predicted octanol–water partition coefficient (Wildman–Crippen LogP) is 1.90. The Morgan fingerprint density at radius 1 is 1.65 bits per heavy atom. The van der Waals surface area contributed by atoms with Crippen LogP contribution in [0.25, 0.3) is 0 Å². The zero-order valence-electron chi connectivity index (χ0n) is 8.77. The van der Waals surface area contributed by atoms with Crippen molar-refractivity contribution < 1.29 is 14.5 Å². The number of methoxy groups -OCH3 is 1. The molecule has 0 aromatic heterocycles. The lowest BCUT2D eigenvalue weighted by Gasteiger charge is -2.06. The van der Waals surface area contributed by atoms with Gasteiger partial charge in [0.2, 0.25) is 0 Å². The standard InChI is InChI=1S/C10H7ClN2O4/c1-17-9-3-6(5-12)2-7(8(14)4-11)10(9)13(15)16/h2-3H,4H2,1H3. The fraction of sp³-hybridized carbons (Fsp3) is 0.200. The van der Waals surface area contributed by atoms with Gasteiger partial charge in [-0.3, -0.25) is 14.9 Å². The molecule has 1 rings (SSSR count). The van der Waals surface area contributed by atoms with Gasteiger partial charge in [-0.1, -0.05) is 0 Å². The van der Waals surface area contributed by atoms with Crippen LogP contribution in [-0.4, -0.2) is 23.7 Å². The van der Waals surface area contributed by atoms with Crippen molar-refractivity contribution >= 4 is 23.1 Å². The highest BCUT2D eigenvalue weighted by Crippen LogP contribution is 2.32. The topological polar surface area (TPSA) is 93.2 Å². The van der Waals surface area contributed by atoms with Crippen LogP contribution in [-0.2, 0) is 0 Å². The fourth-order valence-electron chi connectivity index (χ4n) is 1.30. The third-order valence-electron chi connectivity index (χ3n) is 2.03. The number of carbonyl (C=O) groups is 1. The number of nitrogens with zero attached hydrogens (tertiary/aromatic N) is 2. The molecule has 0 atom stereocenters. The van der Waals surface area contributed by atoms with Gasteiger partial charge in [-0.05, 0) is 6.07 Å². The van der Waals surface area contributed by atoms with Crippen LogP contribution in [0.1, 0.15) is 15.9 Å². The molecule has 0 N–H and O–H groups in total. The van der Waals surface area contributed by atoms with Crippen LogP contribution in [0.5, 0.6) is 5.75 Å². The molecule has 1 aromatic rings. The molecule has 0 aliphatic carbocycles. The number of nitro groups is 1. The van der Waals surface area contributed by atoms with Crippen molar-refractivity contribution in [3.8, 4) is 11.8 Å². The van der Waals surface area contributed by atoms with E-state index in [1.807, 2.05) is 0 Å². The third-order valence-corrected chi connectivity index (χ3v) is 2.27. The van der Waals surface area contributed by atoms with Crippen LogP contribution in [0.3, 0.4) is 0 Å². The van der Waals surface area contributed by atoms with E-state index in [0.717, 1.165) is 6.07 Å². The number of rotatable bonds is 4. The maximum atomic E-state index is 11.5. The van der Waals surface area contributed by atoms with Crippen LogP contribution in [0, 0.1) is 21.4 Å². The molecule has 0 unspecified atom stereocenters. The molecule has 88 valence electrons. The van der Waals surface area contributed by atoms with Crippen molar-refractivity contribution in [1.29, 1.82) is 5.26 Å². The van der Waals surface area contributed by atoms with Gasteiger partial charge in [0.15, 0.2) is 11.5 Å². The lowest BCUT2D eigenvalue weighted by molar-refractivity contribution is -0.386. The van der Waals surface area contributed by atoms with E-state index in [-0.39, 0.29) is 16.9 Å². The Labute approximate surface area is 102 Å². The summed E-state index contributed by atoms with van der Waals surface area (Å²) in [5.41, 5.74) is -0.598. The lowest BCUT2D eigenvalue weighted by Crippen LogP contribution is -2.07. The molecule has 0 bridgehead atoms. The van der Waals surface area contributed by atoms with Crippen LogP contribution in [0.4, 0.5) is 5.69 Å². The number of halogens is 1. The molecule has 0 radical (unpaired) electrons. The van der Waals surface area contributed by atoms with Crippen molar-refractivity contribution in [1.82, 2.24) is 0 Å². The summed E-state index contributed by atoms with van der Waals surface area (Å²) in [4.78, 5) is 21.6. The average Bonchev–Trinajstić information content (AvgIpc) is 2.35. The zero-order valence-corrected chi connectivity index (χ0v) is 9.52. The van der Waals surface area contributed by atoms with Crippen LogP contribution in [0.2, 0.25) is 0 Å². The van der Waals surface area contributed by atoms with Crippen molar-refractivity contribution in [2.45, 2.75) is 0 Å². The fourth-order valence-corrected chi connectivity index (χ4v) is 1.44. The summed E-state index contributed by atoms with van der Waals surface area (Å²) >= 11 is 5.36. The van der Waals surface area contributed by atoms with Gasteiger partial charge in [-0.15, -0.1) is 11.6 Å². The van der Waals surface area contributed by atoms with E-state index in [1.54, 1.807) is 6.07 Å². The molecule has 0 heterocycles. The maximum Gasteiger partial charge on any atom is 0.321 e. The van der Waals surface area contributed by atoms with Gasteiger partial charge in [-0.2, -0.15) is 5.26 Å².